The number of rotatable bonds is 3. The predicted octanol–water partition coefficient (Wildman–Crippen LogP) is 3.71. The van der Waals surface area contributed by atoms with Gasteiger partial charge in [0.05, 0.1) is 0 Å². The summed E-state index contributed by atoms with van der Waals surface area (Å²) in [6.07, 6.45) is 2.42. The largest absolute Gasteiger partial charge is 0.508 e. The van der Waals surface area contributed by atoms with Gasteiger partial charge in [-0.25, -0.2) is 4.39 Å². The van der Waals surface area contributed by atoms with Crippen molar-refractivity contribution in [3.05, 3.63) is 29.6 Å². The summed E-state index contributed by atoms with van der Waals surface area (Å²) in [5.74, 6) is 0.291. The van der Waals surface area contributed by atoms with Crippen LogP contribution < -0.4 is 0 Å². The maximum absolute atomic E-state index is 13.0. The molecule has 2 atom stereocenters. The van der Waals surface area contributed by atoms with Crippen LogP contribution in [0.4, 0.5) is 4.39 Å². The van der Waals surface area contributed by atoms with E-state index in [0.717, 1.165) is 12.1 Å². The van der Waals surface area contributed by atoms with Crippen LogP contribution in [-0.2, 0) is 0 Å². The van der Waals surface area contributed by atoms with Crippen LogP contribution in [-0.4, -0.2) is 22.6 Å². The molecule has 3 heteroatoms. The van der Waals surface area contributed by atoms with E-state index in [4.69, 9.17) is 0 Å². The van der Waals surface area contributed by atoms with E-state index in [9.17, 15) is 9.50 Å². The van der Waals surface area contributed by atoms with Gasteiger partial charge in [-0.05, 0) is 38.3 Å². The summed E-state index contributed by atoms with van der Waals surface area (Å²) in [5.41, 5.74) is 0.823. The van der Waals surface area contributed by atoms with E-state index in [0.29, 0.717) is 12.0 Å². The van der Waals surface area contributed by atoms with Gasteiger partial charge in [0.15, 0.2) is 0 Å². The molecule has 0 aromatic heterocycles. The standard InChI is InChI=1S/C15H22FNO/c1-10(2)14-5-4-8-17(14)11(3)13-7-6-12(16)9-15(13)18/h6-7,9-11,14,18H,4-5,8H2,1-3H3. The van der Waals surface area contributed by atoms with E-state index in [2.05, 4.69) is 25.7 Å². The number of phenolic OH excluding ortho intramolecular Hbond substituents is 1. The fraction of sp³-hybridized carbons (Fsp3) is 0.600. The zero-order valence-electron chi connectivity index (χ0n) is 11.4. The Balaban J connectivity index is 2.22. The van der Waals surface area contributed by atoms with E-state index in [1.54, 1.807) is 6.07 Å². The van der Waals surface area contributed by atoms with Crippen LogP contribution in [0.2, 0.25) is 0 Å². The first-order valence-electron chi connectivity index (χ1n) is 6.75. The Bertz CT molecular complexity index is 419. The minimum absolute atomic E-state index is 0.0666. The molecule has 0 saturated carbocycles. The lowest BCUT2D eigenvalue weighted by molar-refractivity contribution is 0.154. The molecular weight excluding hydrogens is 229 g/mol. The average Bonchev–Trinajstić information content (AvgIpc) is 2.77. The second-order valence-electron chi connectivity index (χ2n) is 5.57. The summed E-state index contributed by atoms with van der Waals surface area (Å²) in [6, 6.07) is 5.02. The van der Waals surface area contributed by atoms with Crippen LogP contribution in [0.15, 0.2) is 18.2 Å². The molecule has 1 aromatic carbocycles. The molecule has 2 nitrogen and oxygen atoms in total. The minimum Gasteiger partial charge on any atom is -0.508 e. The maximum Gasteiger partial charge on any atom is 0.126 e. The second-order valence-corrected chi connectivity index (χ2v) is 5.57. The summed E-state index contributed by atoms with van der Waals surface area (Å²) >= 11 is 0. The first-order valence-corrected chi connectivity index (χ1v) is 6.75. The van der Waals surface area contributed by atoms with Crippen LogP contribution in [0.1, 0.15) is 45.2 Å². The van der Waals surface area contributed by atoms with E-state index in [-0.39, 0.29) is 17.6 Å². The third-order valence-corrected chi connectivity index (χ3v) is 4.05. The Morgan fingerprint density at radius 2 is 2.06 bits per heavy atom. The van der Waals surface area contributed by atoms with Gasteiger partial charge < -0.3 is 5.11 Å². The van der Waals surface area contributed by atoms with Gasteiger partial charge in [0, 0.05) is 23.7 Å². The molecule has 1 aromatic rings. The van der Waals surface area contributed by atoms with Crippen molar-refractivity contribution in [1.82, 2.24) is 4.90 Å². The molecule has 1 N–H and O–H groups in total. The van der Waals surface area contributed by atoms with Crippen molar-refractivity contribution < 1.29 is 9.50 Å². The Kier molecular flexibility index (Phi) is 3.91. The lowest BCUT2D eigenvalue weighted by Crippen LogP contribution is -2.35. The summed E-state index contributed by atoms with van der Waals surface area (Å²) in [7, 11) is 0. The smallest absolute Gasteiger partial charge is 0.126 e. The number of nitrogens with zero attached hydrogens (tertiary/aromatic N) is 1. The molecule has 0 bridgehead atoms. The van der Waals surface area contributed by atoms with Crippen LogP contribution in [0.25, 0.3) is 0 Å². The fourth-order valence-corrected chi connectivity index (χ4v) is 3.06. The molecule has 0 aliphatic carbocycles. The second kappa shape index (κ2) is 5.27. The molecule has 1 aliphatic rings. The van der Waals surface area contributed by atoms with Crippen LogP contribution in [0, 0.1) is 11.7 Å². The highest BCUT2D eigenvalue weighted by Gasteiger charge is 2.31. The number of likely N-dealkylation sites (tertiary alicyclic amines) is 1. The fourth-order valence-electron chi connectivity index (χ4n) is 3.06. The highest BCUT2D eigenvalue weighted by molar-refractivity contribution is 5.35. The van der Waals surface area contributed by atoms with Crippen LogP contribution >= 0.6 is 0 Å². The molecule has 0 amide bonds. The summed E-state index contributed by atoms with van der Waals surface area (Å²) in [6.45, 7) is 7.62. The molecule has 100 valence electrons. The van der Waals surface area contributed by atoms with E-state index < -0.39 is 0 Å². The van der Waals surface area contributed by atoms with E-state index in [1.807, 2.05) is 0 Å². The topological polar surface area (TPSA) is 23.5 Å². The summed E-state index contributed by atoms with van der Waals surface area (Å²) < 4.78 is 13.0. The molecule has 2 unspecified atom stereocenters. The van der Waals surface area contributed by atoms with Crippen LogP contribution in [0.5, 0.6) is 5.75 Å². The van der Waals surface area contributed by atoms with Crippen molar-refractivity contribution >= 4 is 0 Å². The number of phenols is 1. The Labute approximate surface area is 108 Å². The van der Waals surface area contributed by atoms with Gasteiger partial charge in [-0.1, -0.05) is 19.9 Å². The number of halogens is 1. The zero-order valence-corrected chi connectivity index (χ0v) is 11.4. The Morgan fingerprint density at radius 1 is 1.33 bits per heavy atom. The molecule has 1 saturated heterocycles. The quantitative estimate of drug-likeness (QED) is 0.885. The minimum atomic E-state index is -0.384. The molecule has 1 aliphatic heterocycles. The van der Waals surface area contributed by atoms with Crippen molar-refractivity contribution in [1.29, 1.82) is 0 Å². The van der Waals surface area contributed by atoms with Crippen molar-refractivity contribution in [2.24, 2.45) is 5.92 Å². The van der Waals surface area contributed by atoms with Crippen molar-refractivity contribution in [2.75, 3.05) is 6.54 Å². The number of aromatic hydroxyl groups is 1. The highest BCUT2D eigenvalue weighted by Crippen LogP contribution is 2.35. The van der Waals surface area contributed by atoms with Crippen LogP contribution in [0.3, 0.4) is 0 Å². The van der Waals surface area contributed by atoms with Crippen molar-refractivity contribution in [3.63, 3.8) is 0 Å². The zero-order chi connectivity index (χ0) is 13.3. The third kappa shape index (κ3) is 2.51. The molecule has 0 spiro atoms. The summed E-state index contributed by atoms with van der Waals surface area (Å²) in [5, 5.41) is 9.88. The highest BCUT2D eigenvalue weighted by atomic mass is 19.1. The molecular formula is C15H22FNO. The van der Waals surface area contributed by atoms with E-state index >= 15 is 0 Å². The normalized spacial score (nSPS) is 22.6. The van der Waals surface area contributed by atoms with Gasteiger partial charge in [-0.3, -0.25) is 4.90 Å². The Hall–Kier alpha value is -1.09. The molecule has 0 radical (unpaired) electrons. The summed E-state index contributed by atoms with van der Waals surface area (Å²) in [4.78, 5) is 2.43. The number of hydrogen-bond donors (Lipinski definition) is 1. The molecule has 1 fully saturated rings. The monoisotopic (exact) mass is 251 g/mol. The molecule has 2 rings (SSSR count). The lowest BCUT2D eigenvalue weighted by atomic mass is 9.98. The van der Waals surface area contributed by atoms with E-state index in [1.165, 1.54) is 25.0 Å². The third-order valence-electron chi connectivity index (χ3n) is 4.05. The van der Waals surface area contributed by atoms with Gasteiger partial charge in [0.1, 0.15) is 11.6 Å². The van der Waals surface area contributed by atoms with Gasteiger partial charge in [0.25, 0.3) is 0 Å². The molecule has 1 heterocycles. The van der Waals surface area contributed by atoms with Gasteiger partial charge >= 0.3 is 0 Å². The predicted molar refractivity (Wildman–Crippen MR) is 71.0 cm³/mol. The van der Waals surface area contributed by atoms with Crippen molar-refractivity contribution in [3.8, 4) is 5.75 Å². The first-order chi connectivity index (χ1) is 8.50. The lowest BCUT2D eigenvalue weighted by Gasteiger charge is -2.33. The SMILES string of the molecule is CC(C)C1CCCN1C(C)c1ccc(F)cc1O. The number of benzene rings is 1. The maximum atomic E-state index is 13.0. The van der Waals surface area contributed by atoms with Crippen molar-refractivity contribution in [2.45, 2.75) is 45.7 Å². The Morgan fingerprint density at radius 3 is 2.67 bits per heavy atom. The van der Waals surface area contributed by atoms with Gasteiger partial charge in [0.2, 0.25) is 0 Å². The van der Waals surface area contributed by atoms with Gasteiger partial charge in [-0.2, -0.15) is 0 Å². The molecule has 18 heavy (non-hydrogen) atoms. The first kappa shape index (κ1) is 13.3. The van der Waals surface area contributed by atoms with Gasteiger partial charge in [-0.15, -0.1) is 0 Å². The average molecular weight is 251 g/mol. The number of hydrogen-bond acceptors (Lipinski definition) is 2.